The third kappa shape index (κ3) is 2.84. The molecule has 2 aromatic carbocycles. The summed E-state index contributed by atoms with van der Waals surface area (Å²) in [7, 11) is 1.73. The van der Waals surface area contributed by atoms with Gasteiger partial charge >= 0.3 is 0 Å². The Hall–Kier alpha value is -3.09. The fourth-order valence-corrected chi connectivity index (χ4v) is 4.06. The molecule has 3 heterocycles. The number of pyridine rings is 1. The van der Waals surface area contributed by atoms with Gasteiger partial charge < -0.3 is 9.51 Å². The maximum atomic E-state index is 13.0. The van der Waals surface area contributed by atoms with Gasteiger partial charge in [0.2, 0.25) is 0 Å². The summed E-state index contributed by atoms with van der Waals surface area (Å²) in [6.07, 6.45) is 0. The van der Waals surface area contributed by atoms with Gasteiger partial charge in [-0.1, -0.05) is 34.4 Å². The van der Waals surface area contributed by atoms with Crippen LogP contribution in [0.4, 0.5) is 0 Å². The van der Waals surface area contributed by atoms with Gasteiger partial charge in [0.1, 0.15) is 5.65 Å². The van der Waals surface area contributed by atoms with Crippen LogP contribution in [0.15, 0.2) is 51.8 Å². The minimum atomic E-state index is -0.152. The highest BCUT2D eigenvalue weighted by molar-refractivity contribution is 6.36. The van der Waals surface area contributed by atoms with Crippen molar-refractivity contribution in [3.8, 4) is 22.6 Å². The first-order valence-electron chi connectivity index (χ1n) is 8.84. The number of benzene rings is 2. The molecule has 0 saturated heterocycles. The van der Waals surface area contributed by atoms with Crippen molar-refractivity contribution in [1.29, 1.82) is 0 Å². The Morgan fingerprint density at radius 3 is 2.59 bits per heavy atom. The molecule has 0 amide bonds. The summed E-state index contributed by atoms with van der Waals surface area (Å²) in [6.45, 7) is 1.77. The average molecular weight is 425 g/mol. The molecular formula is C21H14Cl2N4O2. The summed E-state index contributed by atoms with van der Waals surface area (Å²) in [6, 6.07) is 12.8. The maximum absolute atomic E-state index is 13.0. The van der Waals surface area contributed by atoms with Crippen molar-refractivity contribution in [2.75, 3.05) is 0 Å². The zero-order chi connectivity index (χ0) is 20.3. The molecule has 0 saturated carbocycles. The second-order valence-corrected chi connectivity index (χ2v) is 7.68. The Labute approximate surface area is 174 Å². The van der Waals surface area contributed by atoms with E-state index in [1.54, 1.807) is 36.7 Å². The summed E-state index contributed by atoms with van der Waals surface area (Å²) in [5, 5.41) is 6.63. The molecule has 5 aromatic rings. The molecule has 0 aliphatic heterocycles. The smallest absolute Gasteiger partial charge is 0.259 e. The van der Waals surface area contributed by atoms with Gasteiger partial charge in [-0.2, -0.15) is 4.98 Å². The van der Waals surface area contributed by atoms with Gasteiger partial charge in [0, 0.05) is 45.0 Å². The molecule has 0 atom stereocenters. The number of H-pyrrole nitrogens is 1. The van der Waals surface area contributed by atoms with Crippen LogP contribution in [0.3, 0.4) is 0 Å². The molecule has 0 aliphatic rings. The fraction of sp³-hybridized carbons (Fsp3) is 0.0952. The molecule has 0 bridgehead atoms. The van der Waals surface area contributed by atoms with Crippen LogP contribution in [0.1, 0.15) is 5.82 Å². The van der Waals surface area contributed by atoms with E-state index < -0.39 is 0 Å². The van der Waals surface area contributed by atoms with Crippen LogP contribution >= 0.6 is 23.2 Å². The highest BCUT2D eigenvalue weighted by Gasteiger charge is 2.16. The number of hydrogen-bond donors (Lipinski definition) is 1. The second-order valence-electron chi connectivity index (χ2n) is 6.84. The molecule has 6 nitrogen and oxygen atoms in total. The Morgan fingerprint density at radius 2 is 1.86 bits per heavy atom. The first-order valence-corrected chi connectivity index (χ1v) is 9.59. The van der Waals surface area contributed by atoms with E-state index in [2.05, 4.69) is 15.1 Å². The Kier molecular flexibility index (Phi) is 4.01. The van der Waals surface area contributed by atoms with Crippen molar-refractivity contribution in [2.24, 2.45) is 7.05 Å². The lowest BCUT2D eigenvalue weighted by Crippen LogP contribution is -2.19. The molecule has 1 N–H and O–H groups in total. The predicted octanol–water partition coefficient (Wildman–Crippen LogP) is 5.35. The van der Waals surface area contributed by atoms with Gasteiger partial charge in [-0.3, -0.25) is 9.36 Å². The molecule has 0 radical (unpaired) electrons. The van der Waals surface area contributed by atoms with E-state index in [9.17, 15) is 4.79 Å². The van der Waals surface area contributed by atoms with Crippen LogP contribution in [-0.4, -0.2) is 19.7 Å². The van der Waals surface area contributed by atoms with E-state index in [0.717, 1.165) is 27.5 Å². The zero-order valence-electron chi connectivity index (χ0n) is 15.5. The second kappa shape index (κ2) is 6.47. The molecule has 5 rings (SSSR count). The van der Waals surface area contributed by atoms with Crippen LogP contribution < -0.4 is 5.56 Å². The third-order valence-corrected chi connectivity index (χ3v) is 5.52. The van der Waals surface area contributed by atoms with Crippen molar-refractivity contribution in [3.05, 3.63) is 68.7 Å². The summed E-state index contributed by atoms with van der Waals surface area (Å²) in [5.41, 5.74) is 3.41. The van der Waals surface area contributed by atoms with Gasteiger partial charge in [0.25, 0.3) is 11.4 Å². The maximum Gasteiger partial charge on any atom is 0.259 e. The first kappa shape index (κ1) is 18.0. The van der Waals surface area contributed by atoms with Crippen molar-refractivity contribution in [2.45, 2.75) is 6.92 Å². The normalized spacial score (nSPS) is 11.6. The van der Waals surface area contributed by atoms with Crippen LogP contribution in [-0.2, 0) is 7.05 Å². The topological polar surface area (TPSA) is 76.7 Å². The molecule has 0 fully saturated rings. The lowest BCUT2D eigenvalue weighted by Gasteiger charge is -2.08. The van der Waals surface area contributed by atoms with Gasteiger partial charge in [0.15, 0.2) is 5.82 Å². The number of nitrogens with one attached hydrogen (secondary N) is 1. The summed E-state index contributed by atoms with van der Waals surface area (Å²) in [4.78, 5) is 20.6. The summed E-state index contributed by atoms with van der Waals surface area (Å²) >= 11 is 12.4. The highest BCUT2D eigenvalue weighted by Crippen LogP contribution is 2.33. The lowest BCUT2D eigenvalue weighted by molar-refractivity contribution is 0.425. The number of fused-ring (bicyclic) bond motifs is 3. The predicted molar refractivity (Wildman–Crippen MR) is 115 cm³/mol. The minimum Gasteiger partial charge on any atom is -0.341 e. The number of halogens is 2. The zero-order valence-corrected chi connectivity index (χ0v) is 17.0. The molecule has 144 valence electrons. The molecule has 0 aliphatic carbocycles. The quantitative estimate of drug-likeness (QED) is 0.414. The van der Waals surface area contributed by atoms with Crippen LogP contribution in [0.5, 0.6) is 0 Å². The number of rotatable bonds is 2. The summed E-state index contributed by atoms with van der Waals surface area (Å²) in [5.74, 6) is 1.02. The number of aromatic nitrogens is 4. The van der Waals surface area contributed by atoms with E-state index in [0.29, 0.717) is 32.9 Å². The first-order chi connectivity index (χ1) is 13.9. The van der Waals surface area contributed by atoms with Crippen LogP contribution in [0.25, 0.3) is 44.5 Å². The number of aryl methyl sites for hydroxylation is 2. The summed E-state index contributed by atoms with van der Waals surface area (Å²) < 4.78 is 6.88. The van der Waals surface area contributed by atoms with Crippen molar-refractivity contribution >= 4 is 45.1 Å². The van der Waals surface area contributed by atoms with Gasteiger partial charge in [-0.15, -0.1) is 0 Å². The molecule has 0 spiro atoms. The fourth-order valence-electron chi connectivity index (χ4n) is 3.55. The molecule has 0 unspecified atom stereocenters. The highest BCUT2D eigenvalue weighted by atomic mass is 35.5. The van der Waals surface area contributed by atoms with Crippen LogP contribution in [0.2, 0.25) is 10.0 Å². The van der Waals surface area contributed by atoms with Gasteiger partial charge in [-0.05, 0) is 43.3 Å². The van der Waals surface area contributed by atoms with Gasteiger partial charge in [0.05, 0.1) is 5.02 Å². The third-order valence-electron chi connectivity index (χ3n) is 4.97. The van der Waals surface area contributed by atoms with Crippen molar-refractivity contribution in [3.63, 3.8) is 0 Å². The molecule has 29 heavy (non-hydrogen) atoms. The Morgan fingerprint density at radius 1 is 1.03 bits per heavy atom. The number of aromatic amines is 1. The lowest BCUT2D eigenvalue weighted by atomic mass is 10.0. The monoisotopic (exact) mass is 424 g/mol. The minimum absolute atomic E-state index is 0.152. The van der Waals surface area contributed by atoms with Crippen molar-refractivity contribution < 1.29 is 4.52 Å². The van der Waals surface area contributed by atoms with E-state index in [1.807, 2.05) is 24.3 Å². The van der Waals surface area contributed by atoms with Gasteiger partial charge in [-0.25, -0.2) is 0 Å². The van der Waals surface area contributed by atoms with E-state index in [4.69, 9.17) is 27.7 Å². The Balaban J connectivity index is 1.81. The Bertz CT molecular complexity index is 1480. The number of hydrogen-bond acceptors (Lipinski definition) is 4. The van der Waals surface area contributed by atoms with E-state index in [-0.39, 0.29) is 5.56 Å². The standard InChI is InChI=1S/C21H14Cl2N4O2/c1-10-24-20(29-26-10)11-3-6-18-14(7-11)15-9-16(21(28)27(2)19(15)25-18)13-5-4-12(22)8-17(13)23/h3-9,25H,1-2H3. The number of nitrogens with zero attached hydrogens (tertiary/aromatic N) is 3. The van der Waals surface area contributed by atoms with E-state index in [1.165, 1.54) is 0 Å². The van der Waals surface area contributed by atoms with Crippen LogP contribution in [0, 0.1) is 6.92 Å². The van der Waals surface area contributed by atoms with Crippen molar-refractivity contribution in [1.82, 2.24) is 19.7 Å². The largest absolute Gasteiger partial charge is 0.341 e. The average Bonchev–Trinajstić information content (AvgIpc) is 3.28. The van der Waals surface area contributed by atoms with E-state index >= 15 is 0 Å². The SMILES string of the molecule is Cc1noc(-c2ccc3[nH]c4c(cc(-c5ccc(Cl)cc5Cl)c(=O)n4C)c3c2)n1. The molecular weight excluding hydrogens is 411 g/mol. The molecule has 8 heteroatoms. The molecule has 3 aromatic heterocycles.